The Balaban J connectivity index is 2.11. The zero-order valence-corrected chi connectivity index (χ0v) is 10.3. The maximum Gasteiger partial charge on any atom is 0.419 e. The molecule has 1 saturated heterocycles. The van der Waals surface area contributed by atoms with Gasteiger partial charge in [-0.1, -0.05) is 0 Å². The number of likely N-dealkylation sites (N-methyl/N-ethyl adjacent to an activating group) is 1. The van der Waals surface area contributed by atoms with Crippen LogP contribution >= 0.6 is 0 Å². The van der Waals surface area contributed by atoms with Crippen molar-refractivity contribution < 1.29 is 13.2 Å². The summed E-state index contributed by atoms with van der Waals surface area (Å²) in [5.74, 6) is 0.364. The van der Waals surface area contributed by atoms with Gasteiger partial charge < -0.3 is 9.80 Å². The molecule has 0 spiro atoms. The fourth-order valence-electron chi connectivity index (χ4n) is 1.86. The summed E-state index contributed by atoms with van der Waals surface area (Å²) in [6, 6.07) is 0.338. The van der Waals surface area contributed by atoms with Crippen molar-refractivity contribution in [3.63, 3.8) is 0 Å². The van der Waals surface area contributed by atoms with E-state index in [1.807, 2.05) is 11.9 Å². The van der Waals surface area contributed by atoms with E-state index in [9.17, 15) is 13.2 Å². The molecule has 1 aromatic rings. The molecule has 4 nitrogen and oxygen atoms in total. The Kier molecular flexibility index (Phi) is 3.43. The third kappa shape index (κ3) is 2.72. The lowest BCUT2D eigenvalue weighted by Crippen LogP contribution is -2.50. The Morgan fingerprint density at radius 1 is 1.22 bits per heavy atom. The molecule has 0 N–H and O–H groups in total. The standard InChI is InChI=1S/C11H15F3N4/c1-8-7-18(4-3-17(8)2)10-15-5-9(6-16-10)11(12,13)14/h5-6,8H,3-4,7H2,1-2H3/t8-/m1/s1. The van der Waals surface area contributed by atoms with E-state index in [-0.39, 0.29) is 0 Å². The Labute approximate surface area is 103 Å². The number of nitrogens with zero attached hydrogens (tertiary/aromatic N) is 4. The smallest absolute Gasteiger partial charge is 0.338 e. The minimum Gasteiger partial charge on any atom is -0.338 e. The van der Waals surface area contributed by atoms with E-state index in [4.69, 9.17) is 0 Å². The van der Waals surface area contributed by atoms with Gasteiger partial charge in [-0.2, -0.15) is 13.2 Å². The Morgan fingerprint density at radius 2 is 1.83 bits per heavy atom. The molecule has 0 bridgehead atoms. The number of hydrogen-bond donors (Lipinski definition) is 0. The van der Waals surface area contributed by atoms with Gasteiger partial charge in [0.1, 0.15) is 0 Å². The molecular weight excluding hydrogens is 245 g/mol. The average molecular weight is 260 g/mol. The highest BCUT2D eigenvalue weighted by Gasteiger charge is 2.32. The third-order valence-electron chi connectivity index (χ3n) is 3.21. The van der Waals surface area contributed by atoms with Gasteiger partial charge in [-0.15, -0.1) is 0 Å². The highest BCUT2D eigenvalue weighted by molar-refractivity contribution is 5.31. The molecule has 0 saturated carbocycles. The van der Waals surface area contributed by atoms with Crippen molar-refractivity contribution >= 4 is 5.95 Å². The maximum absolute atomic E-state index is 12.4. The van der Waals surface area contributed by atoms with Crippen molar-refractivity contribution in [3.05, 3.63) is 18.0 Å². The molecule has 0 amide bonds. The van der Waals surface area contributed by atoms with Crippen LogP contribution < -0.4 is 4.90 Å². The summed E-state index contributed by atoms with van der Waals surface area (Å²) in [5, 5.41) is 0. The fourth-order valence-corrected chi connectivity index (χ4v) is 1.86. The summed E-state index contributed by atoms with van der Waals surface area (Å²) in [7, 11) is 2.02. The van der Waals surface area contributed by atoms with Crippen LogP contribution in [0.1, 0.15) is 12.5 Å². The van der Waals surface area contributed by atoms with Gasteiger partial charge in [0.05, 0.1) is 5.56 Å². The van der Waals surface area contributed by atoms with Crippen molar-refractivity contribution in [1.29, 1.82) is 0 Å². The molecule has 100 valence electrons. The van der Waals surface area contributed by atoms with E-state index >= 15 is 0 Å². The minimum atomic E-state index is -4.38. The molecule has 7 heteroatoms. The first-order valence-corrected chi connectivity index (χ1v) is 5.72. The lowest BCUT2D eigenvalue weighted by Gasteiger charge is -2.37. The molecule has 2 rings (SSSR count). The van der Waals surface area contributed by atoms with Crippen LogP contribution in [-0.4, -0.2) is 47.6 Å². The van der Waals surface area contributed by atoms with Crippen LogP contribution in [0, 0.1) is 0 Å². The summed E-state index contributed by atoms with van der Waals surface area (Å²) < 4.78 is 37.1. The van der Waals surface area contributed by atoms with Gasteiger partial charge in [0, 0.05) is 38.1 Å². The minimum absolute atomic E-state index is 0.338. The highest BCUT2D eigenvalue weighted by atomic mass is 19.4. The zero-order valence-electron chi connectivity index (χ0n) is 10.3. The van der Waals surface area contributed by atoms with Gasteiger partial charge in [0.25, 0.3) is 0 Å². The summed E-state index contributed by atoms with van der Waals surface area (Å²) in [4.78, 5) is 11.7. The van der Waals surface area contributed by atoms with Gasteiger partial charge in [-0.3, -0.25) is 0 Å². The highest BCUT2D eigenvalue weighted by Crippen LogP contribution is 2.28. The quantitative estimate of drug-likeness (QED) is 0.768. The van der Waals surface area contributed by atoms with Gasteiger partial charge >= 0.3 is 6.18 Å². The Morgan fingerprint density at radius 3 is 2.33 bits per heavy atom. The normalized spacial score (nSPS) is 22.3. The van der Waals surface area contributed by atoms with Crippen LogP contribution in [0.15, 0.2) is 12.4 Å². The first kappa shape index (κ1) is 13.1. The molecule has 1 aliphatic rings. The van der Waals surface area contributed by atoms with Gasteiger partial charge in [0.15, 0.2) is 0 Å². The largest absolute Gasteiger partial charge is 0.419 e. The second-order valence-electron chi connectivity index (χ2n) is 4.55. The summed E-state index contributed by atoms with van der Waals surface area (Å²) in [6.45, 7) is 4.37. The zero-order chi connectivity index (χ0) is 13.3. The molecule has 18 heavy (non-hydrogen) atoms. The predicted molar refractivity (Wildman–Crippen MR) is 61.3 cm³/mol. The average Bonchev–Trinajstić information content (AvgIpc) is 2.32. The first-order valence-electron chi connectivity index (χ1n) is 5.72. The second-order valence-corrected chi connectivity index (χ2v) is 4.55. The van der Waals surface area contributed by atoms with Crippen LogP contribution in [0.25, 0.3) is 0 Å². The molecule has 1 fully saturated rings. The van der Waals surface area contributed by atoms with Crippen LogP contribution in [-0.2, 0) is 6.18 Å². The second kappa shape index (κ2) is 4.72. The van der Waals surface area contributed by atoms with E-state index in [1.165, 1.54) is 0 Å². The molecular formula is C11H15F3N4. The number of alkyl halides is 3. The SMILES string of the molecule is C[C@@H]1CN(c2ncc(C(F)(F)F)cn2)CCN1C. The van der Waals surface area contributed by atoms with Crippen LogP contribution in [0.3, 0.4) is 0 Å². The number of hydrogen-bond acceptors (Lipinski definition) is 4. The molecule has 1 atom stereocenters. The molecule has 0 radical (unpaired) electrons. The molecule has 2 heterocycles. The number of rotatable bonds is 1. The maximum atomic E-state index is 12.4. The molecule has 1 aromatic heterocycles. The number of halogens is 3. The molecule has 0 aromatic carbocycles. The van der Waals surface area contributed by atoms with E-state index in [2.05, 4.69) is 21.8 Å². The molecule has 0 aliphatic carbocycles. The topological polar surface area (TPSA) is 32.3 Å². The number of aromatic nitrogens is 2. The summed E-state index contributed by atoms with van der Waals surface area (Å²) in [6.07, 6.45) is -2.70. The van der Waals surface area contributed by atoms with Crippen molar-refractivity contribution in [2.45, 2.75) is 19.1 Å². The van der Waals surface area contributed by atoms with Crippen LogP contribution in [0.5, 0.6) is 0 Å². The lowest BCUT2D eigenvalue weighted by atomic mass is 10.2. The summed E-state index contributed by atoms with van der Waals surface area (Å²) in [5.41, 5.74) is -0.812. The number of piperazine rings is 1. The van der Waals surface area contributed by atoms with Crippen molar-refractivity contribution in [2.24, 2.45) is 0 Å². The van der Waals surface area contributed by atoms with E-state index in [0.29, 0.717) is 12.0 Å². The van der Waals surface area contributed by atoms with E-state index < -0.39 is 11.7 Å². The van der Waals surface area contributed by atoms with E-state index in [0.717, 1.165) is 32.0 Å². The predicted octanol–water partition coefficient (Wildman–Crippen LogP) is 1.64. The van der Waals surface area contributed by atoms with Crippen molar-refractivity contribution in [3.8, 4) is 0 Å². The molecule has 0 unspecified atom stereocenters. The Bertz CT molecular complexity index is 404. The first-order chi connectivity index (χ1) is 8.38. The third-order valence-corrected chi connectivity index (χ3v) is 3.21. The monoisotopic (exact) mass is 260 g/mol. The Hall–Kier alpha value is -1.37. The fraction of sp³-hybridized carbons (Fsp3) is 0.636. The summed E-state index contributed by atoms with van der Waals surface area (Å²) >= 11 is 0. The van der Waals surface area contributed by atoms with Crippen molar-refractivity contribution in [2.75, 3.05) is 31.6 Å². The van der Waals surface area contributed by atoms with Crippen molar-refractivity contribution in [1.82, 2.24) is 14.9 Å². The van der Waals surface area contributed by atoms with Crippen LogP contribution in [0.2, 0.25) is 0 Å². The van der Waals surface area contributed by atoms with Gasteiger partial charge in [-0.05, 0) is 14.0 Å². The molecule has 1 aliphatic heterocycles. The van der Waals surface area contributed by atoms with Gasteiger partial charge in [0.2, 0.25) is 5.95 Å². The van der Waals surface area contributed by atoms with Gasteiger partial charge in [-0.25, -0.2) is 9.97 Å². The van der Waals surface area contributed by atoms with Crippen LogP contribution in [0.4, 0.5) is 19.1 Å². The lowest BCUT2D eigenvalue weighted by molar-refractivity contribution is -0.138. The number of anilines is 1. The van der Waals surface area contributed by atoms with E-state index in [1.54, 1.807) is 0 Å².